The Morgan fingerprint density at radius 2 is 1.93 bits per heavy atom. The molecule has 1 saturated carbocycles. The predicted molar refractivity (Wildman–Crippen MR) is 66.8 cm³/mol. The van der Waals surface area contributed by atoms with Crippen LogP contribution in [0.1, 0.15) is 39.5 Å². The van der Waals surface area contributed by atoms with Gasteiger partial charge < -0.3 is 0 Å². The van der Waals surface area contributed by atoms with Gasteiger partial charge in [0.2, 0.25) is 10.0 Å². The van der Waals surface area contributed by atoms with E-state index in [0.717, 1.165) is 25.0 Å². The average molecular weight is 251 g/mol. The van der Waals surface area contributed by atoms with Crippen LogP contribution in [0.5, 0.6) is 0 Å². The Morgan fingerprint density at radius 1 is 1.27 bits per heavy atom. The SMILES string of the molecule is CCS[C@@H]1CCCC[C@H]1NS(=O)(=O)CC. The number of sulfonamides is 1. The molecule has 0 aromatic heterocycles. The molecule has 0 aromatic carbocycles. The normalized spacial score (nSPS) is 27.9. The van der Waals surface area contributed by atoms with Gasteiger partial charge in [-0.05, 0) is 25.5 Å². The van der Waals surface area contributed by atoms with Crippen LogP contribution in [0.3, 0.4) is 0 Å². The lowest BCUT2D eigenvalue weighted by Gasteiger charge is -2.31. The molecule has 2 atom stereocenters. The van der Waals surface area contributed by atoms with Gasteiger partial charge in [-0.3, -0.25) is 0 Å². The smallest absolute Gasteiger partial charge is 0.211 e. The molecule has 1 N–H and O–H groups in total. The van der Waals surface area contributed by atoms with Crippen molar-refractivity contribution in [2.24, 2.45) is 0 Å². The third-order valence-electron chi connectivity index (χ3n) is 2.79. The van der Waals surface area contributed by atoms with E-state index in [4.69, 9.17) is 0 Å². The largest absolute Gasteiger partial charge is 0.212 e. The second kappa shape index (κ2) is 6.11. The van der Waals surface area contributed by atoms with E-state index in [2.05, 4.69) is 11.6 Å². The zero-order chi connectivity index (χ0) is 11.3. The molecule has 5 heteroatoms. The molecule has 0 spiro atoms. The van der Waals surface area contributed by atoms with Crippen molar-refractivity contribution in [2.45, 2.75) is 50.8 Å². The van der Waals surface area contributed by atoms with E-state index >= 15 is 0 Å². The van der Waals surface area contributed by atoms with Crippen molar-refractivity contribution >= 4 is 21.8 Å². The second-order valence-corrected chi connectivity index (χ2v) is 7.46. The topological polar surface area (TPSA) is 46.2 Å². The summed E-state index contributed by atoms with van der Waals surface area (Å²) in [7, 11) is -3.03. The third-order valence-corrected chi connectivity index (χ3v) is 5.54. The van der Waals surface area contributed by atoms with E-state index in [1.165, 1.54) is 6.42 Å². The lowest BCUT2D eigenvalue weighted by atomic mass is 9.96. The van der Waals surface area contributed by atoms with E-state index in [1.54, 1.807) is 6.92 Å². The Hall–Kier alpha value is 0.260. The maximum Gasteiger partial charge on any atom is 0.211 e. The van der Waals surface area contributed by atoms with Crippen LogP contribution >= 0.6 is 11.8 Å². The molecule has 0 amide bonds. The molecule has 1 aliphatic rings. The number of hydrogen-bond acceptors (Lipinski definition) is 3. The van der Waals surface area contributed by atoms with E-state index < -0.39 is 10.0 Å². The predicted octanol–water partition coefficient (Wildman–Crippen LogP) is 1.99. The van der Waals surface area contributed by atoms with Gasteiger partial charge >= 0.3 is 0 Å². The van der Waals surface area contributed by atoms with Crippen LogP contribution in [0.4, 0.5) is 0 Å². The quantitative estimate of drug-likeness (QED) is 0.813. The molecule has 90 valence electrons. The summed E-state index contributed by atoms with van der Waals surface area (Å²) in [6, 6.07) is 0.161. The summed E-state index contributed by atoms with van der Waals surface area (Å²) in [6.45, 7) is 3.82. The third kappa shape index (κ3) is 4.33. The summed E-state index contributed by atoms with van der Waals surface area (Å²) >= 11 is 1.88. The van der Waals surface area contributed by atoms with Gasteiger partial charge in [-0.1, -0.05) is 19.8 Å². The van der Waals surface area contributed by atoms with Crippen molar-refractivity contribution in [3.8, 4) is 0 Å². The molecular formula is C10H21NO2S2. The minimum atomic E-state index is -3.03. The Balaban J connectivity index is 2.56. The molecule has 1 rings (SSSR count). The Morgan fingerprint density at radius 3 is 2.53 bits per heavy atom. The molecule has 0 aliphatic heterocycles. The Labute approximate surface area is 97.5 Å². The van der Waals surface area contributed by atoms with E-state index in [-0.39, 0.29) is 11.8 Å². The van der Waals surface area contributed by atoms with Gasteiger partial charge in [0.05, 0.1) is 5.75 Å². The summed E-state index contributed by atoms with van der Waals surface area (Å²) in [4.78, 5) is 0. The number of nitrogens with one attached hydrogen (secondary N) is 1. The van der Waals surface area contributed by atoms with Gasteiger partial charge in [0.15, 0.2) is 0 Å². The number of rotatable bonds is 5. The molecule has 0 saturated heterocycles. The Bertz CT molecular complexity index is 275. The van der Waals surface area contributed by atoms with Crippen LogP contribution in [0, 0.1) is 0 Å². The summed E-state index contributed by atoms with van der Waals surface area (Å²) < 4.78 is 25.8. The molecule has 0 radical (unpaired) electrons. The van der Waals surface area contributed by atoms with Crippen LogP contribution in [0.15, 0.2) is 0 Å². The van der Waals surface area contributed by atoms with Gasteiger partial charge in [0.25, 0.3) is 0 Å². The first kappa shape index (κ1) is 13.3. The summed E-state index contributed by atoms with van der Waals surface area (Å²) in [6.07, 6.45) is 4.53. The monoisotopic (exact) mass is 251 g/mol. The minimum absolute atomic E-state index is 0.161. The van der Waals surface area contributed by atoms with Crippen LogP contribution in [0.25, 0.3) is 0 Å². The fourth-order valence-corrected chi connectivity index (χ4v) is 4.15. The molecule has 1 aliphatic carbocycles. The zero-order valence-electron chi connectivity index (χ0n) is 9.53. The first-order valence-corrected chi connectivity index (χ1v) is 8.40. The summed E-state index contributed by atoms with van der Waals surface area (Å²) in [5.41, 5.74) is 0. The molecule has 0 bridgehead atoms. The first-order valence-electron chi connectivity index (χ1n) is 5.70. The van der Waals surface area contributed by atoms with Crippen molar-refractivity contribution in [3.05, 3.63) is 0 Å². The fourth-order valence-electron chi connectivity index (χ4n) is 1.96. The van der Waals surface area contributed by atoms with Crippen LogP contribution in [-0.4, -0.2) is 31.2 Å². The van der Waals surface area contributed by atoms with Gasteiger partial charge in [-0.2, -0.15) is 11.8 Å². The van der Waals surface area contributed by atoms with E-state index in [0.29, 0.717) is 5.25 Å². The van der Waals surface area contributed by atoms with Crippen LogP contribution < -0.4 is 4.72 Å². The maximum atomic E-state index is 11.5. The van der Waals surface area contributed by atoms with E-state index in [1.807, 2.05) is 11.8 Å². The average Bonchev–Trinajstić information content (AvgIpc) is 2.21. The molecule has 15 heavy (non-hydrogen) atoms. The van der Waals surface area contributed by atoms with Crippen molar-refractivity contribution in [3.63, 3.8) is 0 Å². The molecule has 3 nitrogen and oxygen atoms in total. The fraction of sp³-hybridized carbons (Fsp3) is 1.00. The number of thioether (sulfide) groups is 1. The highest BCUT2D eigenvalue weighted by Gasteiger charge is 2.27. The molecular weight excluding hydrogens is 230 g/mol. The molecule has 0 heterocycles. The van der Waals surface area contributed by atoms with E-state index in [9.17, 15) is 8.42 Å². The standard InChI is InChI=1S/C10H21NO2S2/c1-3-14-10-8-6-5-7-9(10)11-15(12,13)4-2/h9-11H,3-8H2,1-2H3/t9-,10-/m1/s1. The lowest BCUT2D eigenvalue weighted by Crippen LogP contribution is -2.44. The zero-order valence-corrected chi connectivity index (χ0v) is 11.2. The second-order valence-electron chi connectivity index (χ2n) is 3.91. The van der Waals surface area contributed by atoms with Crippen LogP contribution in [0.2, 0.25) is 0 Å². The highest BCUT2D eigenvalue weighted by atomic mass is 32.2. The van der Waals surface area contributed by atoms with Crippen molar-refractivity contribution in [1.29, 1.82) is 0 Å². The van der Waals surface area contributed by atoms with Crippen molar-refractivity contribution in [2.75, 3.05) is 11.5 Å². The van der Waals surface area contributed by atoms with Gasteiger partial charge in [-0.15, -0.1) is 0 Å². The highest BCUT2D eigenvalue weighted by molar-refractivity contribution is 8.00. The summed E-state index contributed by atoms with van der Waals surface area (Å²) in [5, 5.41) is 0.477. The Kier molecular flexibility index (Phi) is 5.43. The van der Waals surface area contributed by atoms with Gasteiger partial charge in [-0.25, -0.2) is 13.1 Å². The first-order chi connectivity index (χ1) is 7.09. The number of hydrogen-bond donors (Lipinski definition) is 1. The lowest BCUT2D eigenvalue weighted by molar-refractivity contribution is 0.423. The van der Waals surface area contributed by atoms with Crippen LogP contribution in [-0.2, 0) is 10.0 Å². The molecule has 1 fully saturated rings. The van der Waals surface area contributed by atoms with Crippen molar-refractivity contribution < 1.29 is 8.42 Å². The maximum absolute atomic E-state index is 11.5. The van der Waals surface area contributed by atoms with Gasteiger partial charge in [0, 0.05) is 11.3 Å². The minimum Gasteiger partial charge on any atom is -0.212 e. The molecule has 0 aromatic rings. The summed E-state index contributed by atoms with van der Waals surface area (Å²) in [5.74, 6) is 1.25. The van der Waals surface area contributed by atoms with Gasteiger partial charge in [0.1, 0.15) is 0 Å². The highest BCUT2D eigenvalue weighted by Crippen LogP contribution is 2.28. The van der Waals surface area contributed by atoms with Crippen molar-refractivity contribution in [1.82, 2.24) is 4.72 Å². The molecule has 0 unspecified atom stereocenters.